The van der Waals surface area contributed by atoms with E-state index in [1.165, 1.54) is 22.6 Å². The van der Waals surface area contributed by atoms with Crippen molar-refractivity contribution in [3.8, 4) is 0 Å². The number of aryl methyl sites for hydroxylation is 1. The Morgan fingerprint density at radius 1 is 1.28 bits per heavy atom. The maximum Gasteiger partial charge on any atom is 0.0386 e. The van der Waals surface area contributed by atoms with E-state index in [0.29, 0.717) is 10.8 Å². The van der Waals surface area contributed by atoms with Gasteiger partial charge < -0.3 is 5.32 Å². The van der Waals surface area contributed by atoms with Gasteiger partial charge >= 0.3 is 0 Å². The average Bonchev–Trinajstić information content (AvgIpc) is 2.89. The van der Waals surface area contributed by atoms with Gasteiger partial charge in [-0.1, -0.05) is 20.8 Å². The summed E-state index contributed by atoms with van der Waals surface area (Å²) in [6, 6.07) is 5.01. The SMILES string of the molecule is CCc1ccc(C(C)NCC(CC)(CC)SC)s1. The number of nitrogens with one attached hydrogen (secondary N) is 1. The standard InChI is InChI=1S/C15H27NS2/c1-6-13-9-10-14(18-13)12(4)16-11-15(7-2,8-3)17-5/h9-10,12,16H,6-8,11H2,1-5H3. The molecule has 1 aromatic heterocycles. The van der Waals surface area contributed by atoms with Gasteiger partial charge in [-0.25, -0.2) is 0 Å². The first-order chi connectivity index (χ1) is 8.60. The van der Waals surface area contributed by atoms with E-state index in [1.807, 2.05) is 23.1 Å². The van der Waals surface area contributed by atoms with Crippen molar-refractivity contribution in [1.29, 1.82) is 0 Å². The summed E-state index contributed by atoms with van der Waals surface area (Å²) in [4.78, 5) is 2.95. The molecular weight excluding hydrogens is 258 g/mol. The highest BCUT2D eigenvalue weighted by atomic mass is 32.2. The fourth-order valence-corrected chi connectivity index (χ4v) is 3.90. The van der Waals surface area contributed by atoms with Gasteiger partial charge in [0.2, 0.25) is 0 Å². The van der Waals surface area contributed by atoms with Gasteiger partial charge in [0.05, 0.1) is 0 Å². The first-order valence-electron chi connectivity index (χ1n) is 6.98. The van der Waals surface area contributed by atoms with Crippen LogP contribution in [0.15, 0.2) is 12.1 Å². The number of thiophene rings is 1. The van der Waals surface area contributed by atoms with E-state index >= 15 is 0 Å². The van der Waals surface area contributed by atoms with Crippen LogP contribution in [-0.2, 0) is 6.42 Å². The highest BCUT2D eigenvalue weighted by Gasteiger charge is 2.25. The quantitative estimate of drug-likeness (QED) is 0.730. The van der Waals surface area contributed by atoms with Crippen LogP contribution in [0.25, 0.3) is 0 Å². The minimum Gasteiger partial charge on any atom is -0.308 e. The highest BCUT2D eigenvalue weighted by molar-refractivity contribution is 8.00. The molecule has 0 radical (unpaired) electrons. The molecule has 1 heterocycles. The lowest BCUT2D eigenvalue weighted by atomic mass is 10.0. The van der Waals surface area contributed by atoms with Gasteiger partial charge in [-0.2, -0.15) is 11.8 Å². The Kier molecular flexibility index (Phi) is 6.75. The minimum atomic E-state index is 0.402. The van der Waals surface area contributed by atoms with E-state index in [4.69, 9.17) is 0 Å². The Bertz CT molecular complexity index is 334. The van der Waals surface area contributed by atoms with Crippen LogP contribution in [0.4, 0.5) is 0 Å². The Hall–Kier alpha value is 0.01000. The fraction of sp³-hybridized carbons (Fsp3) is 0.733. The van der Waals surface area contributed by atoms with Crippen LogP contribution in [0, 0.1) is 0 Å². The second-order valence-corrected chi connectivity index (χ2v) is 7.33. The average molecular weight is 286 g/mol. The second kappa shape index (κ2) is 7.56. The van der Waals surface area contributed by atoms with Crippen molar-refractivity contribution >= 4 is 23.1 Å². The number of rotatable bonds is 8. The van der Waals surface area contributed by atoms with Crippen molar-refractivity contribution in [2.24, 2.45) is 0 Å². The van der Waals surface area contributed by atoms with Crippen molar-refractivity contribution in [3.05, 3.63) is 21.9 Å². The molecule has 0 spiro atoms. The molecule has 0 amide bonds. The number of hydrogen-bond donors (Lipinski definition) is 1. The third kappa shape index (κ3) is 4.01. The van der Waals surface area contributed by atoms with Crippen LogP contribution in [-0.4, -0.2) is 17.5 Å². The molecule has 18 heavy (non-hydrogen) atoms. The van der Waals surface area contributed by atoms with Crippen LogP contribution < -0.4 is 5.32 Å². The van der Waals surface area contributed by atoms with E-state index < -0.39 is 0 Å². The van der Waals surface area contributed by atoms with E-state index in [9.17, 15) is 0 Å². The molecule has 0 saturated heterocycles. The third-order valence-corrected chi connectivity index (χ3v) is 6.91. The van der Waals surface area contributed by atoms with Gasteiger partial charge in [-0.05, 0) is 44.6 Å². The molecule has 0 aliphatic rings. The Balaban J connectivity index is 2.56. The van der Waals surface area contributed by atoms with Gasteiger partial charge in [0, 0.05) is 27.1 Å². The molecular formula is C15H27NS2. The molecule has 1 rings (SSSR count). The summed E-state index contributed by atoms with van der Waals surface area (Å²) in [5.74, 6) is 0. The normalized spacial score (nSPS) is 13.8. The lowest BCUT2D eigenvalue weighted by Gasteiger charge is -2.31. The van der Waals surface area contributed by atoms with Crippen molar-refractivity contribution in [2.45, 2.75) is 57.7 Å². The molecule has 1 nitrogen and oxygen atoms in total. The van der Waals surface area contributed by atoms with Crippen molar-refractivity contribution in [3.63, 3.8) is 0 Å². The minimum absolute atomic E-state index is 0.402. The Morgan fingerprint density at radius 3 is 2.39 bits per heavy atom. The van der Waals surface area contributed by atoms with Crippen LogP contribution in [0.3, 0.4) is 0 Å². The highest BCUT2D eigenvalue weighted by Crippen LogP contribution is 2.31. The van der Waals surface area contributed by atoms with E-state index in [1.54, 1.807) is 0 Å². The zero-order chi connectivity index (χ0) is 13.6. The smallest absolute Gasteiger partial charge is 0.0386 e. The summed E-state index contributed by atoms with van der Waals surface area (Å²) in [7, 11) is 0. The maximum absolute atomic E-state index is 3.72. The van der Waals surface area contributed by atoms with Gasteiger partial charge in [-0.15, -0.1) is 11.3 Å². The Morgan fingerprint density at radius 2 is 1.94 bits per heavy atom. The first kappa shape index (κ1) is 16.1. The van der Waals surface area contributed by atoms with Gasteiger partial charge in [-0.3, -0.25) is 0 Å². The van der Waals surface area contributed by atoms with E-state index in [0.717, 1.165) is 13.0 Å². The zero-order valence-corrected chi connectivity index (χ0v) is 14.0. The fourth-order valence-electron chi connectivity index (χ4n) is 2.12. The maximum atomic E-state index is 3.72. The third-order valence-electron chi connectivity index (χ3n) is 3.91. The molecule has 1 aromatic rings. The van der Waals surface area contributed by atoms with Crippen molar-refractivity contribution in [2.75, 3.05) is 12.8 Å². The van der Waals surface area contributed by atoms with Gasteiger partial charge in [0.25, 0.3) is 0 Å². The van der Waals surface area contributed by atoms with E-state index in [2.05, 4.69) is 51.4 Å². The number of hydrogen-bond acceptors (Lipinski definition) is 3. The summed E-state index contributed by atoms with van der Waals surface area (Å²) >= 11 is 3.95. The van der Waals surface area contributed by atoms with Gasteiger partial charge in [0.1, 0.15) is 0 Å². The van der Waals surface area contributed by atoms with Gasteiger partial charge in [0.15, 0.2) is 0 Å². The molecule has 1 atom stereocenters. The lowest BCUT2D eigenvalue weighted by Crippen LogP contribution is -2.37. The van der Waals surface area contributed by atoms with Crippen LogP contribution >= 0.6 is 23.1 Å². The lowest BCUT2D eigenvalue weighted by molar-refractivity contribution is 0.462. The monoisotopic (exact) mass is 285 g/mol. The predicted octanol–water partition coefficient (Wildman–Crippen LogP) is 4.88. The van der Waals surface area contributed by atoms with Crippen LogP contribution in [0.5, 0.6) is 0 Å². The predicted molar refractivity (Wildman–Crippen MR) is 86.9 cm³/mol. The topological polar surface area (TPSA) is 12.0 Å². The molecule has 3 heteroatoms. The molecule has 0 saturated carbocycles. The van der Waals surface area contributed by atoms with E-state index in [-0.39, 0.29) is 0 Å². The zero-order valence-electron chi connectivity index (χ0n) is 12.4. The van der Waals surface area contributed by atoms with Crippen molar-refractivity contribution < 1.29 is 0 Å². The molecule has 0 aromatic carbocycles. The molecule has 104 valence electrons. The summed E-state index contributed by atoms with van der Waals surface area (Å²) in [6.07, 6.45) is 5.85. The summed E-state index contributed by atoms with van der Waals surface area (Å²) in [5, 5.41) is 3.72. The largest absolute Gasteiger partial charge is 0.308 e. The summed E-state index contributed by atoms with van der Waals surface area (Å²) < 4.78 is 0.402. The Labute approximate surface area is 121 Å². The summed E-state index contributed by atoms with van der Waals surface area (Å²) in [6.45, 7) is 10.2. The van der Waals surface area contributed by atoms with Crippen LogP contribution in [0.1, 0.15) is 56.3 Å². The molecule has 0 aliphatic carbocycles. The first-order valence-corrected chi connectivity index (χ1v) is 9.02. The van der Waals surface area contributed by atoms with Crippen molar-refractivity contribution in [1.82, 2.24) is 5.32 Å². The molecule has 0 bridgehead atoms. The second-order valence-electron chi connectivity index (χ2n) is 4.85. The molecule has 0 aliphatic heterocycles. The molecule has 0 fully saturated rings. The van der Waals surface area contributed by atoms with Crippen LogP contribution in [0.2, 0.25) is 0 Å². The molecule has 1 unspecified atom stereocenters. The summed E-state index contributed by atoms with van der Waals surface area (Å²) in [5.41, 5.74) is 0. The number of thioether (sulfide) groups is 1. The molecule has 1 N–H and O–H groups in total.